The van der Waals surface area contributed by atoms with Gasteiger partial charge in [0.2, 0.25) is 5.89 Å². The standard InChI is InChI=1S/C12H22N4O2/c1-9-7-15-10(18-9)8-14-6-4-5-12(2,3)11(13)16-17/h7,14,17H,4-6,8H2,1-3H3,(H2,13,16). The number of nitrogens with two attached hydrogens (primary N) is 1. The number of aryl methyl sites for hydroxylation is 1. The molecule has 1 aromatic heterocycles. The molecular formula is C12H22N4O2. The van der Waals surface area contributed by atoms with Gasteiger partial charge < -0.3 is 20.7 Å². The van der Waals surface area contributed by atoms with Crippen molar-refractivity contribution in [1.29, 1.82) is 0 Å². The number of aromatic nitrogens is 1. The van der Waals surface area contributed by atoms with Crippen LogP contribution >= 0.6 is 0 Å². The van der Waals surface area contributed by atoms with Gasteiger partial charge in [-0.15, -0.1) is 0 Å². The molecule has 0 amide bonds. The Morgan fingerprint density at radius 1 is 1.61 bits per heavy atom. The SMILES string of the molecule is Cc1cnc(CNCCCC(C)(C)C(N)=NO)o1. The molecule has 0 saturated carbocycles. The number of amidine groups is 1. The molecule has 0 atom stereocenters. The maximum atomic E-state index is 8.65. The van der Waals surface area contributed by atoms with Crippen molar-refractivity contribution in [3.8, 4) is 0 Å². The van der Waals surface area contributed by atoms with Gasteiger partial charge in [-0.05, 0) is 26.3 Å². The summed E-state index contributed by atoms with van der Waals surface area (Å²) in [5.41, 5.74) is 5.33. The molecule has 0 aliphatic rings. The molecule has 1 heterocycles. The minimum atomic E-state index is -0.282. The first-order valence-electron chi connectivity index (χ1n) is 6.06. The lowest BCUT2D eigenvalue weighted by molar-refractivity contribution is 0.304. The van der Waals surface area contributed by atoms with E-state index in [0.29, 0.717) is 12.4 Å². The first-order chi connectivity index (χ1) is 8.45. The molecule has 0 aliphatic heterocycles. The summed E-state index contributed by atoms with van der Waals surface area (Å²) in [6.07, 6.45) is 3.49. The third kappa shape index (κ3) is 4.37. The summed E-state index contributed by atoms with van der Waals surface area (Å²) < 4.78 is 5.34. The van der Waals surface area contributed by atoms with Crippen LogP contribution in [0.15, 0.2) is 15.8 Å². The Morgan fingerprint density at radius 3 is 2.89 bits per heavy atom. The second-order valence-corrected chi connectivity index (χ2v) is 5.01. The molecule has 18 heavy (non-hydrogen) atoms. The highest BCUT2D eigenvalue weighted by atomic mass is 16.4. The average molecular weight is 254 g/mol. The van der Waals surface area contributed by atoms with Crippen LogP contribution in [0.4, 0.5) is 0 Å². The number of nitrogens with one attached hydrogen (secondary N) is 1. The zero-order valence-electron chi connectivity index (χ0n) is 11.2. The van der Waals surface area contributed by atoms with Gasteiger partial charge in [-0.3, -0.25) is 0 Å². The number of rotatable bonds is 7. The molecule has 102 valence electrons. The van der Waals surface area contributed by atoms with Crippen molar-refractivity contribution in [2.75, 3.05) is 6.54 Å². The van der Waals surface area contributed by atoms with E-state index in [1.54, 1.807) is 6.20 Å². The minimum absolute atomic E-state index is 0.269. The van der Waals surface area contributed by atoms with Crippen molar-refractivity contribution in [3.63, 3.8) is 0 Å². The van der Waals surface area contributed by atoms with Crippen LogP contribution in [0.3, 0.4) is 0 Å². The molecule has 1 rings (SSSR count). The predicted molar refractivity (Wildman–Crippen MR) is 69.4 cm³/mol. The van der Waals surface area contributed by atoms with E-state index in [1.165, 1.54) is 0 Å². The molecule has 0 aromatic carbocycles. The highest BCUT2D eigenvalue weighted by molar-refractivity contribution is 5.85. The van der Waals surface area contributed by atoms with E-state index in [9.17, 15) is 0 Å². The van der Waals surface area contributed by atoms with Gasteiger partial charge in [-0.25, -0.2) is 4.98 Å². The molecule has 6 heteroatoms. The normalized spacial score (nSPS) is 12.9. The molecule has 0 saturated heterocycles. The molecule has 1 aromatic rings. The highest BCUT2D eigenvalue weighted by Gasteiger charge is 2.22. The van der Waals surface area contributed by atoms with Crippen molar-refractivity contribution < 1.29 is 9.62 Å². The minimum Gasteiger partial charge on any atom is -0.445 e. The first kappa shape index (κ1) is 14.5. The maximum absolute atomic E-state index is 8.65. The fraction of sp³-hybridized carbons (Fsp3) is 0.667. The molecule has 0 radical (unpaired) electrons. The van der Waals surface area contributed by atoms with Gasteiger partial charge in [0.25, 0.3) is 0 Å². The van der Waals surface area contributed by atoms with Crippen LogP contribution in [0.25, 0.3) is 0 Å². The third-order valence-electron chi connectivity index (χ3n) is 2.90. The van der Waals surface area contributed by atoms with E-state index in [2.05, 4.69) is 15.5 Å². The second kappa shape index (κ2) is 6.39. The molecule has 0 bridgehead atoms. The van der Waals surface area contributed by atoms with Crippen LogP contribution in [0, 0.1) is 12.3 Å². The summed E-state index contributed by atoms with van der Waals surface area (Å²) >= 11 is 0. The van der Waals surface area contributed by atoms with Gasteiger partial charge in [-0.2, -0.15) is 0 Å². The summed E-state index contributed by atoms with van der Waals surface area (Å²) in [5, 5.41) is 15.0. The zero-order chi connectivity index (χ0) is 13.6. The van der Waals surface area contributed by atoms with E-state index in [1.807, 2.05) is 20.8 Å². The Labute approximate surface area is 107 Å². The van der Waals surface area contributed by atoms with Crippen LogP contribution < -0.4 is 11.1 Å². The molecule has 6 nitrogen and oxygen atoms in total. The van der Waals surface area contributed by atoms with E-state index >= 15 is 0 Å². The maximum Gasteiger partial charge on any atom is 0.208 e. The molecule has 0 fully saturated rings. The first-order valence-corrected chi connectivity index (χ1v) is 6.06. The van der Waals surface area contributed by atoms with Crippen LogP contribution in [0.1, 0.15) is 38.3 Å². The topological polar surface area (TPSA) is 96.7 Å². The Hall–Kier alpha value is -1.56. The summed E-state index contributed by atoms with van der Waals surface area (Å²) in [7, 11) is 0. The van der Waals surface area contributed by atoms with Crippen molar-refractivity contribution >= 4 is 5.84 Å². The molecule has 0 unspecified atom stereocenters. The van der Waals surface area contributed by atoms with E-state index in [-0.39, 0.29) is 11.3 Å². The summed E-state index contributed by atoms with van der Waals surface area (Å²) in [6.45, 7) is 7.25. The smallest absolute Gasteiger partial charge is 0.208 e. The van der Waals surface area contributed by atoms with Gasteiger partial charge in [-0.1, -0.05) is 19.0 Å². The summed E-state index contributed by atoms with van der Waals surface area (Å²) in [6, 6.07) is 0. The number of hydrogen-bond acceptors (Lipinski definition) is 5. The zero-order valence-corrected chi connectivity index (χ0v) is 11.2. The number of nitrogens with zero attached hydrogens (tertiary/aromatic N) is 2. The van der Waals surface area contributed by atoms with Crippen LogP contribution in [-0.4, -0.2) is 22.6 Å². The predicted octanol–water partition coefficient (Wildman–Crippen LogP) is 1.63. The van der Waals surface area contributed by atoms with Gasteiger partial charge in [0.05, 0.1) is 12.7 Å². The monoisotopic (exact) mass is 254 g/mol. The largest absolute Gasteiger partial charge is 0.445 e. The molecule has 0 spiro atoms. The quantitative estimate of drug-likeness (QED) is 0.226. The lowest BCUT2D eigenvalue weighted by Gasteiger charge is -2.22. The fourth-order valence-corrected chi connectivity index (χ4v) is 1.60. The average Bonchev–Trinajstić information content (AvgIpc) is 2.73. The van der Waals surface area contributed by atoms with E-state index in [0.717, 1.165) is 25.1 Å². The lowest BCUT2D eigenvalue weighted by atomic mass is 9.86. The molecule has 4 N–H and O–H groups in total. The van der Waals surface area contributed by atoms with Crippen molar-refractivity contribution in [2.24, 2.45) is 16.3 Å². The van der Waals surface area contributed by atoms with Crippen molar-refractivity contribution in [1.82, 2.24) is 10.3 Å². The third-order valence-corrected chi connectivity index (χ3v) is 2.90. The molecule has 0 aliphatic carbocycles. The summed E-state index contributed by atoms with van der Waals surface area (Å²) in [5.74, 6) is 1.79. The summed E-state index contributed by atoms with van der Waals surface area (Å²) in [4.78, 5) is 4.10. The Bertz CT molecular complexity index is 399. The van der Waals surface area contributed by atoms with Crippen molar-refractivity contribution in [2.45, 2.75) is 40.2 Å². The van der Waals surface area contributed by atoms with Crippen LogP contribution in [0.2, 0.25) is 0 Å². The fourth-order valence-electron chi connectivity index (χ4n) is 1.60. The van der Waals surface area contributed by atoms with Gasteiger partial charge >= 0.3 is 0 Å². The Morgan fingerprint density at radius 2 is 2.33 bits per heavy atom. The second-order valence-electron chi connectivity index (χ2n) is 5.01. The Kier molecular flexibility index (Phi) is 5.15. The van der Waals surface area contributed by atoms with Crippen LogP contribution in [-0.2, 0) is 6.54 Å². The van der Waals surface area contributed by atoms with E-state index < -0.39 is 0 Å². The van der Waals surface area contributed by atoms with Gasteiger partial charge in [0, 0.05) is 5.41 Å². The highest BCUT2D eigenvalue weighted by Crippen LogP contribution is 2.21. The van der Waals surface area contributed by atoms with Crippen LogP contribution in [0.5, 0.6) is 0 Å². The van der Waals surface area contributed by atoms with Gasteiger partial charge in [0.1, 0.15) is 11.6 Å². The number of oxime groups is 1. The van der Waals surface area contributed by atoms with Gasteiger partial charge in [0.15, 0.2) is 0 Å². The van der Waals surface area contributed by atoms with Crippen molar-refractivity contribution in [3.05, 3.63) is 17.8 Å². The molecular weight excluding hydrogens is 232 g/mol. The number of hydrogen-bond donors (Lipinski definition) is 3. The van der Waals surface area contributed by atoms with E-state index in [4.69, 9.17) is 15.4 Å². The lowest BCUT2D eigenvalue weighted by Crippen LogP contribution is -2.32. The number of oxazole rings is 1. The Balaban J connectivity index is 2.19.